The first-order valence-corrected chi connectivity index (χ1v) is 10.9. The lowest BCUT2D eigenvalue weighted by Gasteiger charge is -2.42. The number of carboxylic acid groups (broad SMARTS) is 1. The summed E-state index contributed by atoms with van der Waals surface area (Å²) in [6.45, 7) is 15.0. The number of ether oxygens (including phenoxy) is 1. The molecule has 0 aliphatic carbocycles. The molecule has 1 rings (SSSR count). The highest BCUT2D eigenvalue weighted by molar-refractivity contribution is 5.80. The number of carboxylic acids is 1. The molecule has 1 amide bonds. The van der Waals surface area contributed by atoms with Crippen molar-refractivity contribution in [3.63, 3.8) is 0 Å². The first-order valence-electron chi connectivity index (χ1n) is 10.9. The summed E-state index contributed by atoms with van der Waals surface area (Å²) in [7, 11) is 0. The van der Waals surface area contributed by atoms with E-state index >= 15 is 0 Å². The number of likely N-dealkylation sites (tertiary alicyclic amines) is 1. The molecule has 1 aliphatic rings. The number of nitrogens with zero attached hydrogens (tertiary/aromatic N) is 1. The Hall–Kier alpha value is -1.30. The molecule has 1 heterocycles. The number of carbonyl (C=O) groups excluding carboxylic acids is 1. The van der Waals surface area contributed by atoms with Crippen LogP contribution < -0.4 is 5.32 Å². The molecule has 0 aromatic heterocycles. The molecule has 1 aliphatic heterocycles. The number of carbonyl (C=O) groups is 2. The Morgan fingerprint density at radius 2 is 1.82 bits per heavy atom. The van der Waals surface area contributed by atoms with Crippen LogP contribution in [0, 0.1) is 11.3 Å². The molecule has 0 aromatic rings. The molecule has 164 valence electrons. The molecule has 2 N–H and O–H groups in total. The highest BCUT2D eigenvalue weighted by Gasteiger charge is 2.37. The highest BCUT2D eigenvalue weighted by Crippen LogP contribution is 2.36. The van der Waals surface area contributed by atoms with Crippen molar-refractivity contribution in [2.24, 2.45) is 11.3 Å². The van der Waals surface area contributed by atoms with Gasteiger partial charge in [0.15, 0.2) is 0 Å². The normalized spacial score (nSPS) is 19.6. The second-order valence-corrected chi connectivity index (χ2v) is 9.66. The summed E-state index contributed by atoms with van der Waals surface area (Å²) in [6.07, 6.45) is 6.20. The third-order valence-corrected chi connectivity index (χ3v) is 5.87. The van der Waals surface area contributed by atoms with Crippen LogP contribution in [0.15, 0.2) is 0 Å². The van der Waals surface area contributed by atoms with Crippen LogP contribution >= 0.6 is 0 Å². The Labute approximate surface area is 171 Å². The van der Waals surface area contributed by atoms with Crippen molar-refractivity contribution in [3.05, 3.63) is 0 Å². The van der Waals surface area contributed by atoms with Gasteiger partial charge in [0, 0.05) is 6.54 Å². The number of nitrogens with one attached hydrogen (secondary N) is 1. The third-order valence-electron chi connectivity index (χ3n) is 5.87. The number of hydrogen-bond acceptors (Lipinski definition) is 4. The summed E-state index contributed by atoms with van der Waals surface area (Å²) in [5, 5.41) is 12.4. The van der Waals surface area contributed by atoms with E-state index in [1.54, 1.807) is 20.8 Å². The van der Waals surface area contributed by atoms with Gasteiger partial charge >= 0.3 is 12.1 Å². The van der Waals surface area contributed by atoms with Crippen molar-refractivity contribution < 1.29 is 19.4 Å². The summed E-state index contributed by atoms with van der Waals surface area (Å²) >= 11 is 0. The molecule has 1 fully saturated rings. The lowest BCUT2D eigenvalue weighted by molar-refractivity contribution is -0.140. The predicted molar refractivity (Wildman–Crippen MR) is 112 cm³/mol. The zero-order valence-electron chi connectivity index (χ0n) is 18.8. The van der Waals surface area contributed by atoms with Crippen LogP contribution in [0.5, 0.6) is 0 Å². The van der Waals surface area contributed by atoms with Crippen molar-refractivity contribution in [1.82, 2.24) is 10.2 Å². The largest absolute Gasteiger partial charge is 0.480 e. The Balaban J connectivity index is 2.90. The Bertz CT molecular complexity index is 495. The van der Waals surface area contributed by atoms with Gasteiger partial charge in [0.1, 0.15) is 11.6 Å². The van der Waals surface area contributed by atoms with E-state index in [9.17, 15) is 14.7 Å². The quantitative estimate of drug-likeness (QED) is 0.559. The van der Waals surface area contributed by atoms with Gasteiger partial charge in [-0.15, -0.1) is 0 Å². The lowest BCUT2D eigenvalue weighted by atomic mass is 9.74. The smallest absolute Gasteiger partial charge is 0.408 e. The van der Waals surface area contributed by atoms with Crippen molar-refractivity contribution in [2.45, 2.75) is 98.1 Å². The fourth-order valence-corrected chi connectivity index (χ4v) is 4.01. The van der Waals surface area contributed by atoms with Crippen LogP contribution in [0.2, 0.25) is 0 Å². The number of piperidine rings is 1. The topological polar surface area (TPSA) is 78.9 Å². The first-order chi connectivity index (χ1) is 13.0. The van der Waals surface area contributed by atoms with Crippen LogP contribution in [0.1, 0.15) is 86.5 Å². The van der Waals surface area contributed by atoms with Gasteiger partial charge in [0.05, 0.1) is 0 Å². The molecule has 6 heteroatoms. The van der Waals surface area contributed by atoms with E-state index in [0.29, 0.717) is 6.42 Å². The van der Waals surface area contributed by atoms with E-state index in [-0.39, 0.29) is 5.41 Å². The van der Waals surface area contributed by atoms with Gasteiger partial charge in [0.25, 0.3) is 0 Å². The van der Waals surface area contributed by atoms with E-state index in [0.717, 1.165) is 51.2 Å². The molecule has 2 atom stereocenters. The zero-order valence-corrected chi connectivity index (χ0v) is 18.8. The van der Waals surface area contributed by atoms with E-state index in [1.807, 2.05) is 0 Å². The molecule has 0 bridgehead atoms. The highest BCUT2D eigenvalue weighted by atomic mass is 16.6. The first kappa shape index (κ1) is 24.7. The molecule has 0 spiro atoms. The molecular weight excluding hydrogens is 356 g/mol. The predicted octanol–water partition coefficient (Wildman–Crippen LogP) is 4.67. The molecule has 0 aromatic carbocycles. The Morgan fingerprint density at radius 3 is 2.29 bits per heavy atom. The summed E-state index contributed by atoms with van der Waals surface area (Å²) in [5.74, 6) is -0.226. The van der Waals surface area contributed by atoms with Gasteiger partial charge in [0.2, 0.25) is 0 Å². The molecule has 0 radical (unpaired) electrons. The van der Waals surface area contributed by atoms with Gasteiger partial charge in [-0.1, -0.05) is 33.6 Å². The minimum Gasteiger partial charge on any atom is -0.480 e. The van der Waals surface area contributed by atoms with Crippen molar-refractivity contribution in [2.75, 3.05) is 19.6 Å². The minimum absolute atomic E-state index is 0.116. The second-order valence-electron chi connectivity index (χ2n) is 9.66. The fraction of sp³-hybridized carbons (Fsp3) is 0.909. The number of amides is 1. The van der Waals surface area contributed by atoms with Gasteiger partial charge in [-0.3, -0.25) is 0 Å². The average molecular weight is 399 g/mol. The van der Waals surface area contributed by atoms with Gasteiger partial charge in [-0.2, -0.15) is 0 Å². The van der Waals surface area contributed by atoms with Crippen LogP contribution in [0.25, 0.3) is 0 Å². The molecule has 6 nitrogen and oxygen atoms in total. The SMILES string of the molecule is CCCCC(CC)(CC(NC(=O)OC(C)(C)C)C(=O)O)CN1CCC(C)CC1. The molecular formula is C22H42N2O4. The van der Waals surface area contributed by atoms with Gasteiger partial charge in [-0.05, 0) is 77.3 Å². The number of alkyl carbamates (subject to hydrolysis) is 1. The number of rotatable bonds is 10. The Morgan fingerprint density at radius 1 is 1.21 bits per heavy atom. The van der Waals surface area contributed by atoms with E-state index in [4.69, 9.17) is 4.74 Å². The minimum atomic E-state index is -0.993. The van der Waals surface area contributed by atoms with E-state index < -0.39 is 23.7 Å². The molecule has 0 saturated carbocycles. The molecule has 28 heavy (non-hydrogen) atoms. The molecule has 1 saturated heterocycles. The number of aliphatic carboxylic acids is 1. The monoisotopic (exact) mass is 398 g/mol. The van der Waals surface area contributed by atoms with E-state index in [2.05, 4.69) is 31.0 Å². The zero-order chi connectivity index (χ0) is 21.4. The van der Waals surface area contributed by atoms with Crippen molar-refractivity contribution in [1.29, 1.82) is 0 Å². The summed E-state index contributed by atoms with van der Waals surface area (Å²) < 4.78 is 5.29. The number of unbranched alkanes of at least 4 members (excludes halogenated alkanes) is 1. The van der Waals surface area contributed by atoms with Crippen LogP contribution in [-0.4, -0.2) is 53.3 Å². The average Bonchev–Trinajstić information content (AvgIpc) is 2.59. The fourth-order valence-electron chi connectivity index (χ4n) is 4.01. The van der Waals surface area contributed by atoms with Gasteiger partial charge in [-0.25, -0.2) is 9.59 Å². The summed E-state index contributed by atoms with van der Waals surface area (Å²) in [6, 6.07) is -0.935. The van der Waals surface area contributed by atoms with Crippen LogP contribution in [0.3, 0.4) is 0 Å². The van der Waals surface area contributed by atoms with Crippen molar-refractivity contribution in [3.8, 4) is 0 Å². The summed E-state index contributed by atoms with van der Waals surface area (Å²) in [5.41, 5.74) is -0.768. The maximum atomic E-state index is 12.2. The van der Waals surface area contributed by atoms with Gasteiger partial charge < -0.3 is 20.1 Å². The second kappa shape index (κ2) is 11.0. The summed E-state index contributed by atoms with van der Waals surface area (Å²) in [4.78, 5) is 26.6. The van der Waals surface area contributed by atoms with Crippen LogP contribution in [-0.2, 0) is 9.53 Å². The third kappa shape index (κ3) is 8.80. The van der Waals surface area contributed by atoms with Crippen molar-refractivity contribution >= 4 is 12.1 Å². The number of hydrogen-bond donors (Lipinski definition) is 2. The standard InChI is InChI=1S/C22H42N2O4/c1-7-9-12-22(8-2,16-24-13-10-17(3)11-14-24)15-18(19(25)26)23-20(27)28-21(4,5)6/h17-18H,7-16H2,1-6H3,(H,23,27)(H,25,26). The van der Waals surface area contributed by atoms with E-state index in [1.165, 1.54) is 12.8 Å². The maximum Gasteiger partial charge on any atom is 0.408 e. The Kier molecular flexibility index (Phi) is 9.75. The van der Waals surface area contributed by atoms with Crippen LogP contribution in [0.4, 0.5) is 4.79 Å². The molecule has 2 unspecified atom stereocenters. The maximum absolute atomic E-state index is 12.2. The lowest BCUT2D eigenvalue weighted by Crippen LogP contribution is -2.49.